The Morgan fingerprint density at radius 2 is 1.02 bits per heavy atom. The van der Waals surface area contributed by atoms with Gasteiger partial charge in [0.2, 0.25) is 11.8 Å². The second kappa shape index (κ2) is 15.2. The second-order valence-electron chi connectivity index (χ2n) is 16.7. The van der Waals surface area contributed by atoms with E-state index < -0.39 is 0 Å². The summed E-state index contributed by atoms with van der Waals surface area (Å²) >= 11 is 6.27. The average Bonchev–Trinajstić information content (AvgIpc) is 3.86. The maximum atomic E-state index is 13.1. The summed E-state index contributed by atoms with van der Waals surface area (Å²) in [4.78, 5) is 55.2. The lowest BCUT2D eigenvalue weighted by Crippen LogP contribution is -2.43. The summed E-state index contributed by atoms with van der Waals surface area (Å²) < 4.78 is 19.5. The van der Waals surface area contributed by atoms with Gasteiger partial charge < -0.3 is 13.9 Å². The third kappa shape index (κ3) is 7.05. The molecule has 290 valence electrons. The Bertz CT molecular complexity index is 1970. The molecule has 6 aliphatic rings. The Kier molecular flexibility index (Phi) is 10.1. The molecule has 0 radical (unpaired) electrons. The number of rotatable bonds is 8. The lowest BCUT2D eigenvalue weighted by molar-refractivity contribution is -0.0554. The molecule has 0 N–H and O–H groups in total. The van der Waals surface area contributed by atoms with Crippen LogP contribution in [0.4, 0.5) is 0 Å². The van der Waals surface area contributed by atoms with E-state index in [0.717, 1.165) is 120 Å². The molecule has 3 heterocycles. The zero-order valence-corrected chi connectivity index (χ0v) is 32.2. The maximum Gasteiger partial charge on any atom is 0.263 e. The average molecular weight is 769 g/mol. The van der Waals surface area contributed by atoms with Crippen LogP contribution in [0, 0.1) is 6.92 Å². The number of hydrogen-bond donors (Lipinski definition) is 0. The first-order valence-corrected chi connectivity index (χ1v) is 20.9. The molecule has 2 aliphatic heterocycles. The fraction of sp³-hybridized carbons (Fsp3) is 0.581. The van der Waals surface area contributed by atoms with Gasteiger partial charge >= 0.3 is 0 Å². The molecule has 4 amide bonds. The van der Waals surface area contributed by atoms with Crippen LogP contribution in [0.25, 0.3) is 0 Å². The number of fused-ring (bicyclic) bond motifs is 2. The van der Waals surface area contributed by atoms with Gasteiger partial charge in [-0.3, -0.25) is 29.0 Å². The van der Waals surface area contributed by atoms with Gasteiger partial charge in [-0.25, -0.2) is 0 Å². The van der Waals surface area contributed by atoms with Crippen molar-refractivity contribution >= 4 is 35.2 Å². The fourth-order valence-corrected chi connectivity index (χ4v) is 10.4. The molecule has 12 heteroatoms. The van der Waals surface area contributed by atoms with E-state index in [1.807, 2.05) is 19.1 Å². The minimum absolute atomic E-state index is 0.0637. The van der Waals surface area contributed by atoms with E-state index in [1.165, 1.54) is 9.80 Å². The zero-order valence-electron chi connectivity index (χ0n) is 31.4. The van der Waals surface area contributed by atoms with Crippen molar-refractivity contribution in [3.63, 3.8) is 0 Å². The lowest BCUT2D eigenvalue weighted by atomic mass is 9.86. The van der Waals surface area contributed by atoms with Crippen LogP contribution in [0.5, 0.6) is 0 Å². The van der Waals surface area contributed by atoms with Gasteiger partial charge in [-0.1, -0.05) is 29.3 Å². The van der Waals surface area contributed by atoms with Gasteiger partial charge in [0, 0.05) is 23.9 Å². The number of aryl methyl sites for hydroxylation is 1. The summed E-state index contributed by atoms with van der Waals surface area (Å²) in [5.41, 5.74) is 2.80. The predicted molar refractivity (Wildman–Crippen MR) is 202 cm³/mol. The van der Waals surface area contributed by atoms with Crippen molar-refractivity contribution in [2.24, 2.45) is 0 Å². The van der Waals surface area contributed by atoms with Crippen LogP contribution >= 0.6 is 11.6 Å². The number of amides is 4. The summed E-state index contributed by atoms with van der Waals surface area (Å²) in [6.45, 7) is 1.94. The van der Waals surface area contributed by atoms with Crippen LogP contribution < -0.4 is 0 Å². The van der Waals surface area contributed by atoms with E-state index in [0.29, 0.717) is 27.3 Å². The van der Waals surface area contributed by atoms with Gasteiger partial charge in [0.05, 0.1) is 51.7 Å². The molecule has 4 saturated carbocycles. The minimum Gasteiger partial charge on any atom is -0.425 e. The first-order valence-electron chi connectivity index (χ1n) is 20.5. The number of aromatic nitrogens is 2. The molecular weight excluding hydrogens is 720 g/mol. The molecule has 11 nitrogen and oxygen atoms in total. The molecule has 55 heavy (non-hydrogen) atoms. The Balaban J connectivity index is 0.684. The van der Waals surface area contributed by atoms with Crippen LogP contribution in [0.15, 0.2) is 40.8 Å². The summed E-state index contributed by atoms with van der Waals surface area (Å²) in [6, 6.07) is 10.4. The van der Waals surface area contributed by atoms with Crippen LogP contribution in [0.2, 0.25) is 5.02 Å². The largest absolute Gasteiger partial charge is 0.425 e. The Hall–Kier alpha value is -3.93. The Morgan fingerprint density at radius 3 is 1.53 bits per heavy atom. The molecule has 3 aromatic rings. The third-order valence-electron chi connectivity index (χ3n) is 13.3. The van der Waals surface area contributed by atoms with Gasteiger partial charge in [-0.15, -0.1) is 10.2 Å². The topological polar surface area (TPSA) is 132 Å². The van der Waals surface area contributed by atoms with Crippen LogP contribution in [-0.4, -0.2) is 80.1 Å². The number of carbonyl (C=O) groups is 4. The van der Waals surface area contributed by atoms with Gasteiger partial charge in [-0.05, 0) is 134 Å². The van der Waals surface area contributed by atoms with Crippen molar-refractivity contribution in [2.45, 2.75) is 158 Å². The number of imide groups is 2. The Morgan fingerprint density at radius 1 is 0.564 bits per heavy atom. The smallest absolute Gasteiger partial charge is 0.263 e. The van der Waals surface area contributed by atoms with Gasteiger partial charge in [0.1, 0.15) is 0 Å². The van der Waals surface area contributed by atoms with Crippen molar-refractivity contribution in [3.05, 3.63) is 81.0 Å². The third-order valence-corrected chi connectivity index (χ3v) is 13.6. The van der Waals surface area contributed by atoms with E-state index >= 15 is 0 Å². The predicted octanol–water partition coefficient (Wildman–Crippen LogP) is 8.33. The monoisotopic (exact) mass is 768 g/mol. The highest BCUT2D eigenvalue weighted by Crippen LogP contribution is 2.41. The number of carbonyl (C=O) groups excluding carboxylic acids is 4. The van der Waals surface area contributed by atoms with Crippen molar-refractivity contribution in [2.75, 3.05) is 0 Å². The zero-order chi connectivity index (χ0) is 37.8. The number of halogens is 1. The van der Waals surface area contributed by atoms with Crippen molar-refractivity contribution in [1.29, 1.82) is 0 Å². The molecule has 0 unspecified atom stereocenters. The minimum atomic E-state index is -0.273. The first-order chi connectivity index (χ1) is 26.7. The standard InChI is InChI=1S/C43H49ClN4O7/c1-24-5-22-33-35(23-24)42(51)47(40(33)49)27-10-18-31(19-11-27)53-29-14-6-25(7-15-29)38-45-46-39(55-38)26-8-16-30(17-9-26)54-32-20-12-28(13-21-32)48-41(50)34-3-2-4-36(44)37(34)43(48)52/h2-5,22-23,25-32H,6-21H2,1H3. The summed E-state index contributed by atoms with van der Waals surface area (Å²) in [5, 5.41) is 9.35. The molecular formula is C43H49ClN4O7. The highest BCUT2D eigenvalue weighted by atomic mass is 35.5. The van der Waals surface area contributed by atoms with Gasteiger partial charge in [0.15, 0.2) is 0 Å². The molecule has 1 aromatic heterocycles. The number of benzene rings is 2. The van der Waals surface area contributed by atoms with Crippen LogP contribution in [0.1, 0.15) is 173 Å². The SMILES string of the molecule is Cc1ccc2c(c1)C(=O)N(C1CCC(OC3CCC(c4nnc(C5CCC(OC6CCC(N7C(=O)c8cccc(Cl)c8C7=O)CC6)CC5)o4)CC3)CC1)C2=O. The summed E-state index contributed by atoms with van der Waals surface area (Å²) in [6.07, 6.45) is 14.7. The maximum absolute atomic E-state index is 13.1. The molecule has 0 atom stereocenters. The molecule has 2 aromatic carbocycles. The van der Waals surface area contributed by atoms with E-state index in [1.54, 1.807) is 24.3 Å². The van der Waals surface area contributed by atoms with Crippen molar-refractivity contribution in [1.82, 2.24) is 20.0 Å². The first kappa shape index (κ1) is 36.7. The van der Waals surface area contributed by atoms with Gasteiger partial charge in [0.25, 0.3) is 23.6 Å². The molecule has 0 bridgehead atoms. The van der Waals surface area contributed by atoms with Gasteiger partial charge in [-0.2, -0.15) is 0 Å². The summed E-state index contributed by atoms with van der Waals surface area (Å²) in [7, 11) is 0. The summed E-state index contributed by atoms with van der Waals surface area (Å²) in [5.74, 6) is 1.18. The van der Waals surface area contributed by atoms with Crippen molar-refractivity contribution in [3.8, 4) is 0 Å². The number of nitrogens with zero attached hydrogens (tertiary/aromatic N) is 4. The Labute approximate surface area is 326 Å². The number of ether oxygens (including phenoxy) is 2. The molecule has 4 aliphatic carbocycles. The molecule has 4 fully saturated rings. The van der Waals surface area contributed by atoms with E-state index in [4.69, 9.17) is 25.5 Å². The van der Waals surface area contributed by atoms with E-state index in [9.17, 15) is 19.2 Å². The van der Waals surface area contributed by atoms with E-state index in [2.05, 4.69) is 10.2 Å². The van der Waals surface area contributed by atoms with E-state index in [-0.39, 0.29) is 72.0 Å². The highest BCUT2D eigenvalue weighted by Gasteiger charge is 2.44. The fourth-order valence-electron chi connectivity index (χ4n) is 10.2. The molecule has 0 saturated heterocycles. The quantitative estimate of drug-likeness (QED) is 0.208. The normalized spacial score (nSPS) is 31.2. The second-order valence-corrected chi connectivity index (χ2v) is 17.1. The lowest BCUT2D eigenvalue weighted by Gasteiger charge is -2.36. The van der Waals surface area contributed by atoms with Crippen LogP contribution in [0.3, 0.4) is 0 Å². The molecule has 0 spiro atoms. The van der Waals surface area contributed by atoms with Crippen LogP contribution in [-0.2, 0) is 9.47 Å². The van der Waals surface area contributed by atoms with Crippen molar-refractivity contribution < 1.29 is 33.1 Å². The highest BCUT2D eigenvalue weighted by molar-refractivity contribution is 6.37. The molecule has 9 rings (SSSR count). The number of hydrogen-bond acceptors (Lipinski definition) is 9.